The molecule has 1 atom stereocenters. The summed E-state index contributed by atoms with van der Waals surface area (Å²) < 4.78 is 1.87. The average Bonchev–Trinajstić information content (AvgIpc) is 3.09. The van der Waals surface area contributed by atoms with Gasteiger partial charge in [0.15, 0.2) is 0 Å². The van der Waals surface area contributed by atoms with Crippen LogP contribution in [0, 0.1) is 13.8 Å². The molecular formula is C14H21N7O. The number of H-pyrrole nitrogens is 1. The van der Waals surface area contributed by atoms with E-state index < -0.39 is 0 Å². The molecule has 0 aliphatic carbocycles. The van der Waals surface area contributed by atoms with Crippen molar-refractivity contribution in [3.05, 3.63) is 29.4 Å². The lowest BCUT2D eigenvalue weighted by molar-refractivity contribution is -0.123. The third kappa shape index (κ3) is 3.01. The minimum absolute atomic E-state index is 0.0282. The molecule has 0 aromatic carbocycles. The molecule has 8 nitrogen and oxygen atoms in total. The van der Waals surface area contributed by atoms with Crippen LogP contribution in [-0.4, -0.2) is 43.7 Å². The Labute approximate surface area is 128 Å². The molecule has 1 aliphatic heterocycles. The predicted octanol–water partition coefficient (Wildman–Crippen LogP) is 0.0113. The van der Waals surface area contributed by atoms with Gasteiger partial charge in [0.25, 0.3) is 0 Å². The summed E-state index contributed by atoms with van der Waals surface area (Å²) in [6.45, 7) is 5.95. The first-order valence-corrected chi connectivity index (χ1v) is 7.56. The first-order chi connectivity index (χ1) is 10.6. The molecular weight excluding hydrogens is 282 g/mol. The Bertz CT molecular complexity index is 660. The molecule has 8 heteroatoms. The molecule has 3 rings (SSSR count). The number of aryl methyl sites for hydroxylation is 3. The number of carbonyl (C=O) groups is 1. The SMILES string of the molecule is Cc1nc(C)n(CCCNC(=O)[C@@H]2NCCc3[nH]cnc32)n1. The summed E-state index contributed by atoms with van der Waals surface area (Å²) in [5.74, 6) is 1.65. The summed E-state index contributed by atoms with van der Waals surface area (Å²) in [4.78, 5) is 23.9. The largest absolute Gasteiger partial charge is 0.354 e. The van der Waals surface area contributed by atoms with Crippen LogP contribution in [0.25, 0.3) is 0 Å². The van der Waals surface area contributed by atoms with E-state index in [4.69, 9.17) is 0 Å². The molecule has 1 aliphatic rings. The van der Waals surface area contributed by atoms with Crippen molar-refractivity contribution in [2.75, 3.05) is 13.1 Å². The quantitative estimate of drug-likeness (QED) is 0.676. The molecule has 0 bridgehead atoms. The number of nitrogens with zero attached hydrogens (tertiary/aromatic N) is 4. The van der Waals surface area contributed by atoms with Gasteiger partial charge in [0, 0.05) is 31.7 Å². The van der Waals surface area contributed by atoms with Crippen LogP contribution in [0.1, 0.15) is 35.5 Å². The maximum atomic E-state index is 12.3. The van der Waals surface area contributed by atoms with Gasteiger partial charge >= 0.3 is 0 Å². The number of fused-ring (bicyclic) bond motifs is 1. The number of hydrogen-bond donors (Lipinski definition) is 3. The lowest BCUT2D eigenvalue weighted by atomic mass is 10.1. The van der Waals surface area contributed by atoms with Gasteiger partial charge < -0.3 is 15.6 Å². The van der Waals surface area contributed by atoms with Crippen LogP contribution in [-0.2, 0) is 17.8 Å². The molecule has 2 aromatic heterocycles. The number of nitrogens with one attached hydrogen (secondary N) is 3. The van der Waals surface area contributed by atoms with Crippen molar-refractivity contribution in [3.63, 3.8) is 0 Å². The van der Waals surface area contributed by atoms with E-state index in [-0.39, 0.29) is 11.9 Å². The molecule has 0 radical (unpaired) electrons. The molecule has 1 amide bonds. The summed E-state index contributed by atoms with van der Waals surface area (Å²) in [6.07, 6.45) is 3.34. The van der Waals surface area contributed by atoms with Gasteiger partial charge in [-0.2, -0.15) is 5.10 Å². The van der Waals surface area contributed by atoms with Crippen LogP contribution in [0.5, 0.6) is 0 Å². The first kappa shape index (κ1) is 14.7. The lowest BCUT2D eigenvalue weighted by Crippen LogP contribution is -2.42. The number of rotatable bonds is 5. The van der Waals surface area contributed by atoms with Gasteiger partial charge in [-0.05, 0) is 20.3 Å². The lowest BCUT2D eigenvalue weighted by Gasteiger charge is -2.22. The maximum absolute atomic E-state index is 12.3. The topological polar surface area (TPSA) is 101 Å². The molecule has 22 heavy (non-hydrogen) atoms. The Morgan fingerprint density at radius 1 is 1.50 bits per heavy atom. The van der Waals surface area contributed by atoms with E-state index in [1.165, 1.54) is 0 Å². The summed E-state index contributed by atoms with van der Waals surface area (Å²) in [7, 11) is 0. The Morgan fingerprint density at radius 3 is 3.14 bits per heavy atom. The van der Waals surface area contributed by atoms with Gasteiger partial charge in [0.2, 0.25) is 5.91 Å². The zero-order chi connectivity index (χ0) is 15.5. The molecule has 0 saturated heterocycles. The van der Waals surface area contributed by atoms with E-state index in [0.717, 1.165) is 49.0 Å². The van der Waals surface area contributed by atoms with Crippen molar-refractivity contribution in [1.82, 2.24) is 35.4 Å². The highest BCUT2D eigenvalue weighted by Gasteiger charge is 2.27. The Hall–Kier alpha value is -2.22. The summed E-state index contributed by atoms with van der Waals surface area (Å²) in [6, 6.07) is -0.356. The van der Waals surface area contributed by atoms with E-state index in [1.807, 2.05) is 18.5 Å². The van der Waals surface area contributed by atoms with Gasteiger partial charge in [-0.15, -0.1) is 0 Å². The van der Waals surface area contributed by atoms with Crippen LogP contribution in [0.4, 0.5) is 0 Å². The molecule has 2 aromatic rings. The zero-order valence-electron chi connectivity index (χ0n) is 12.9. The fourth-order valence-corrected chi connectivity index (χ4v) is 2.75. The maximum Gasteiger partial charge on any atom is 0.243 e. The van der Waals surface area contributed by atoms with Crippen molar-refractivity contribution >= 4 is 5.91 Å². The monoisotopic (exact) mass is 303 g/mol. The molecule has 0 unspecified atom stereocenters. The van der Waals surface area contributed by atoms with E-state index in [0.29, 0.717) is 6.54 Å². The van der Waals surface area contributed by atoms with Crippen LogP contribution < -0.4 is 10.6 Å². The second-order valence-electron chi connectivity index (χ2n) is 5.48. The van der Waals surface area contributed by atoms with E-state index in [2.05, 4.69) is 30.7 Å². The van der Waals surface area contributed by atoms with Crippen molar-refractivity contribution in [2.45, 2.75) is 39.3 Å². The molecule has 3 heterocycles. The van der Waals surface area contributed by atoms with Gasteiger partial charge in [-0.1, -0.05) is 0 Å². The fourth-order valence-electron chi connectivity index (χ4n) is 2.75. The number of carbonyl (C=O) groups excluding carboxylic acids is 1. The van der Waals surface area contributed by atoms with E-state index in [1.54, 1.807) is 6.33 Å². The smallest absolute Gasteiger partial charge is 0.243 e. The number of aromatic amines is 1. The van der Waals surface area contributed by atoms with Crippen LogP contribution in [0.3, 0.4) is 0 Å². The summed E-state index contributed by atoms with van der Waals surface area (Å²) in [5, 5.41) is 10.5. The highest BCUT2D eigenvalue weighted by Crippen LogP contribution is 2.18. The van der Waals surface area contributed by atoms with E-state index in [9.17, 15) is 4.79 Å². The van der Waals surface area contributed by atoms with Crippen molar-refractivity contribution < 1.29 is 4.79 Å². The van der Waals surface area contributed by atoms with Gasteiger partial charge in [0.1, 0.15) is 17.7 Å². The first-order valence-electron chi connectivity index (χ1n) is 7.56. The van der Waals surface area contributed by atoms with Crippen molar-refractivity contribution in [1.29, 1.82) is 0 Å². The Balaban J connectivity index is 1.48. The Morgan fingerprint density at radius 2 is 2.36 bits per heavy atom. The van der Waals surface area contributed by atoms with Gasteiger partial charge in [0.05, 0.1) is 12.0 Å². The normalized spacial score (nSPS) is 17.3. The molecule has 0 fully saturated rings. The molecule has 3 N–H and O–H groups in total. The summed E-state index contributed by atoms with van der Waals surface area (Å²) >= 11 is 0. The summed E-state index contributed by atoms with van der Waals surface area (Å²) in [5.41, 5.74) is 1.86. The third-order valence-electron chi connectivity index (χ3n) is 3.82. The molecule has 0 saturated carbocycles. The number of imidazole rings is 1. The van der Waals surface area contributed by atoms with Gasteiger partial charge in [-0.3, -0.25) is 9.48 Å². The Kier molecular flexibility index (Phi) is 4.19. The average molecular weight is 303 g/mol. The van der Waals surface area contributed by atoms with Crippen LogP contribution >= 0.6 is 0 Å². The number of hydrogen-bond acceptors (Lipinski definition) is 5. The second-order valence-corrected chi connectivity index (χ2v) is 5.48. The van der Waals surface area contributed by atoms with Crippen molar-refractivity contribution in [3.8, 4) is 0 Å². The highest BCUT2D eigenvalue weighted by atomic mass is 16.2. The molecule has 0 spiro atoms. The number of aromatic nitrogens is 5. The van der Waals surface area contributed by atoms with Crippen LogP contribution in [0.15, 0.2) is 6.33 Å². The minimum Gasteiger partial charge on any atom is -0.354 e. The third-order valence-corrected chi connectivity index (χ3v) is 3.82. The van der Waals surface area contributed by atoms with Gasteiger partial charge in [-0.25, -0.2) is 9.97 Å². The predicted molar refractivity (Wildman–Crippen MR) is 80.2 cm³/mol. The van der Waals surface area contributed by atoms with Crippen LogP contribution in [0.2, 0.25) is 0 Å². The standard InChI is InChI=1S/C14H21N7O/c1-9-19-10(2)21(20-9)7-3-5-16-14(22)13-12-11(4-6-15-13)17-8-18-12/h8,13,15H,3-7H2,1-2H3,(H,16,22)(H,17,18)/t13-/m1/s1. The van der Waals surface area contributed by atoms with E-state index >= 15 is 0 Å². The fraction of sp³-hybridized carbons (Fsp3) is 0.571. The minimum atomic E-state index is -0.356. The number of amides is 1. The highest BCUT2D eigenvalue weighted by molar-refractivity contribution is 5.83. The van der Waals surface area contributed by atoms with Crippen molar-refractivity contribution in [2.24, 2.45) is 0 Å². The second kappa shape index (κ2) is 6.27. The molecule has 118 valence electrons. The zero-order valence-corrected chi connectivity index (χ0v) is 12.9.